The van der Waals surface area contributed by atoms with Crippen LogP contribution in [0.3, 0.4) is 0 Å². The third-order valence-corrected chi connectivity index (χ3v) is 11.5. The molecule has 0 aliphatic rings. The van der Waals surface area contributed by atoms with Crippen molar-refractivity contribution in [2.45, 2.75) is 66.2 Å². The monoisotopic (exact) mass is 462 g/mol. The number of aryl methyl sites for hydroxylation is 1. The summed E-state index contributed by atoms with van der Waals surface area (Å²) in [6, 6.07) is 18.4. The Hall–Kier alpha value is -2.09. The molecular formula is C28H35O2PSi. The lowest BCUT2D eigenvalue weighted by Gasteiger charge is -2.27. The Morgan fingerprint density at radius 2 is 1.16 bits per heavy atom. The van der Waals surface area contributed by atoms with Gasteiger partial charge in [-0.3, -0.25) is 0 Å². The number of aromatic hydroxyl groups is 2. The lowest BCUT2D eigenvalue weighted by molar-refractivity contribution is 0.478. The molecule has 3 aromatic carbocycles. The van der Waals surface area contributed by atoms with Crippen molar-refractivity contribution in [2.75, 3.05) is 0 Å². The van der Waals surface area contributed by atoms with Crippen molar-refractivity contribution in [3.63, 3.8) is 0 Å². The van der Waals surface area contributed by atoms with Gasteiger partial charge in [0.1, 0.15) is 20.7 Å². The van der Waals surface area contributed by atoms with Crippen molar-refractivity contribution in [2.24, 2.45) is 0 Å². The Balaban J connectivity index is 2.26. The predicted molar refractivity (Wildman–Crippen MR) is 141 cm³/mol. The van der Waals surface area contributed by atoms with Gasteiger partial charge >= 0.3 is 0 Å². The van der Waals surface area contributed by atoms with Gasteiger partial charge in [0.2, 0.25) is 0 Å². The first kappa shape index (κ1) is 24.5. The SMILES string of the molecule is Cc1cccc([Si]P(c2cc(C(C)(C)C)ccc2O)c2cc(C(C)(C)C)ccc2O)c1C. The Bertz CT molecular complexity index is 1060. The van der Waals surface area contributed by atoms with Crippen LogP contribution in [-0.4, -0.2) is 19.4 Å². The highest BCUT2D eigenvalue weighted by Gasteiger charge is 2.27. The van der Waals surface area contributed by atoms with E-state index in [9.17, 15) is 10.2 Å². The van der Waals surface area contributed by atoms with Crippen molar-refractivity contribution < 1.29 is 10.2 Å². The molecule has 4 heteroatoms. The summed E-state index contributed by atoms with van der Waals surface area (Å²) in [5.74, 6) is 0.616. The second-order valence-corrected chi connectivity index (χ2v) is 15.0. The van der Waals surface area contributed by atoms with E-state index in [2.05, 4.69) is 85.7 Å². The molecule has 0 fully saturated rings. The molecule has 0 saturated heterocycles. The van der Waals surface area contributed by atoms with Gasteiger partial charge in [0.15, 0.2) is 0 Å². The van der Waals surface area contributed by atoms with Gasteiger partial charge in [-0.25, -0.2) is 0 Å². The van der Waals surface area contributed by atoms with Crippen molar-refractivity contribution in [1.82, 2.24) is 0 Å². The molecule has 0 aliphatic carbocycles. The molecule has 32 heavy (non-hydrogen) atoms. The highest BCUT2D eigenvalue weighted by Crippen LogP contribution is 2.41. The maximum Gasteiger partial charge on any atom is 0.128 e. The van der Waals surface area contributed by atoms with Crippen LogP contribution in [0.4, 0.5) is 0 Å². The topological polar surface area (TPSA) is 40.5 Å². The van der Waals surface area contributed by atoms with Crippen LogP contribution in [0.2, 0.25) is 0 Å². The fourth-order valence-corrected chi connectivity index (χ4v) is 9.25. The maximum absolute atomic E-state index is 11.0. The number of benzene rings is 3. The number of hydrogen-bond acceptors (Lipinski definition) is 2. The van der Waals surface area contributed by atoms with Crippen LogP contribution < -0.4 is 15.8 Å². The van der Waals surface area contributed by atoms with Gasteiger partial charge in [-0.05, 0) is 78.7 Å². The van der Waals surface area contributed by atoms with E-state index in [4.69, 9.17) is 0 Å². The largest absolute Gasteiger partial charge is 0.507 e. The van der Waals surface area contributed by atoms with Gasteiger partial charge in [-0.1, -0.05) is 77.1 Å². The van der Waals surface area contributed by atoms with Crippen LogP contribution in [0.5, 0.6) is 11.5 Å². The fraction of sp³-hybridized carbons (Fsp3) is 0.357. The second kappa shape index (κ2) is 9.04. The van der Waals surface area contributed by atoms with Gasteiger partial charge in [0, 0.05) is 10.6 Å². The van der Waals surface area contributed by atoms with Crippen LogP contribution in [0, 0.1) is 13.8 Å². The smallest absolute Gasteiger partial charge is 0.128 e. The third kappa shape index (κ3) is 5.27. The van der Waals surface area contributed by atoms with Gasteiger partial charge in [-0.2, -0.15) is 0 Å². The van der Waals surface area contributed by atoms with E-state index >= 15 is 0 Å². The summed E-state index contributed by atoms with van der Waals surface area (Å²) in [7, 11) is -0.554. The maximum atomic E-state index is 11.0. The molecule has 0 unspecified atom stereocenters. The molecule has 0 atom stereocenters. The summed E-state index contributed by atoms with van der Waals surface area (Å²) < 4.78 is 0. The zero-order chi connectivity index (χ0) is 23.8. The van der Waals surface area contributed by atoms with E-state index in [1.54, 1.807) is 0 Å². The Kier molecular flexibility index (Phi) is 6.93. The number of hydrogen-bond donors (Lipinski definition) is 2. The highest BCUT2D eigenvalue weighted by atomic mass is 31.4. The van der Waals surface area contributed by atoms with Crippen molar-refractivity contribution in [1.29, 1.82) is 0 Å². The van der Waals surface area contributed by atoms with Gasteiger partial charge < -0.3 is 10.2 Å². The Labute approximate surface area is 197 Å². The molecule has 0 heterocycles. The zero-order valence-electron chi connectivity index (χ0n) is 20.5. The first-order valence-electron chi connectivity index (χ1n) is 11.1. The summed E-state index contributed by atoms with van der Waals surface area (Å²) in [4.78, 5) is 0. The minimum Gasteiger partial charge on any atom is -0.507 e. The van der Waals surface area contributed by atoms with E-state index in [-0.39, 0.29) is 10.8 Å². The molecule has 0 amide bonds. The molecule has 2 radical (unpaired) electrons. The average Bonchev–Trinajstić information content (AvgIpc) is 2.68. The molecule has 2 N–H and O–H groups in total. The summed E-state index contributed by atoms with van der Waals surface area (Å²) in [6.07, 6.45) is 0. The fourth-order valence-electron chi connectivity index (χ4n) is 3.58. The molecule has 0 aromatic heterocycles. The summed E-state index contributed by atoms with van der Waals surface area (Å²) >= 11 is 0. The van der Waals surface area contributed by atoms with Crippen molar-refractivity contribution >= 4 is 32.5 Å². The molecular weight excluding hydrogens is 427 g/mol. The summed E-state index contributed by atoms with van der Waals surface area (Å²) in [5, 5.41) is 25.2. The van der Waals surface area contributed by atoms with Crippen LogP contribution >= 0.6 is 7.47 Å². The lowest BCUT2D eigenvalue weighted by Crippen LogP contribution is -2.28. The Morgan fingerprint density at radius 1 is 0.688 bits per heavy atom. The minimum atomic E-state index is -0.996. The van der Waals surface area contributed by atoms with Crippen molar-refractivity contribution in [3.8, 4) is 11.5 Å². The summed E-state index contributed by atoms with van der Waals surface area (Å²) in [5.41, 5.74) is 4.88. The Morgan fingerprint density at radius 3 is 1.59 bits per heavy atom. The number of phenols is 2. The van der Waals surface area contributed by atoms with Crippen LogP contribution in [0.1, 0.15) is 63.8 Å². The average molecular weight is 463 g/mol. The van der Waals surface area contributed by atoms with Crippen LogP contribution in [0.25, 0.3) is 0 Å². The van der Waals surface area contributed by atoms with E-state index in [0.717, 1.165) is 10.6 Å². The molecule has 168 valence electrons. The molecule has 3 aromatic rings. The second-order valence-electron chi connectivity index (χ2n) is 10.6. The summed E-state index contributed by atoms with van der Waals surface area (Å²) in [6.45, 7) is 17.5. The molecule has 0 bridgehead atoms. The van der Waals surface area contributed by atoms with E-state index in [1.807, 2.05) is 24.3 Å². The molecule has 2 nitrogen and oxygen atoms in total. The van der Waals surface area contributed by atoms with Crippen LogP contribution in [-0.2, 0) is 10.8 Å². The lowest BCUT2D eigenvalue weighted by atomic mass is 9.87. The van der Waals surface area contributed by atoms with E-state index in [1.165, 1.54) is 27.4 Å². The van der Waals surface area contributed by atoms with Gasteiger partial charge in [-0.15, -0.1) is 0 Å². The standard InChI is InChI=1S/C28H35O2PSi/c1-18-10-9-11-26(19(18)2)32-31(24-16-20(27(3,4)5)12-14-22(24)29)25-17-21(28(6,7)8)13-15-23(25)30/h9-17,29-30H,1-8H3. The third-order valence-electron chi connectivity index (χ3n) is 6.00. The quantitative estimate of drug-likeness (QED) is 0.386. The van der Waals surface area contributed by atoms with Gasteiger partial charge in [0.25, 0.3) is 0 Å². The predicted octanol–water partition coefficient (Wildman–Crippen LogP) is 5.69. The van der Waals surface area contributed by atoms with Crippen LogP contribution in [0.15, 0.2) is 54.6 Å². The minimum absolute atomic E-state index is 0.0267. The highest BCUT2D eigenvalue weighted by molar-refractivity contribution is 7.99. The normalized spacial score (nSPS) is 12.4. The number of rotatable bonds is 4. The van der Waals surface area contributed by atoms with E-state index < -0.39 is 7.47 Å². The zero-order valence-corrected chi connectivity index (χ0v) is 22.4. The first-order valence-corrected chi connectivity index (χ1v) is 14.3. The van der Waals surface area contributed by atoms with Gasteiger partial charge in [0.05, 0.1) is 0 Å². The molecule has 0 spiro atoms. The molecule has 0 aliphatic heterocycles. The molecule has 0 saturated carbocycles. The molecule has 3 rings (SSSR count). The van der Waals surface area contributed by atoms with E-state index in [0.29, 0.717) is 20.7 Å². The van der Waals surface area contributed by atoms with Crippen molar-refractivity contribution in [3.05, 3.63) is 76.9 Å². The first-order chi connectivity index (χ1) is 14.8. The number of phenolic OH excluding ortho intramolecular Hbond substituents is 2.